The van der Waals surface area contributed by atoms with Crippen molar-refractivity contribution >= 4 is 21.6 Å². The van der Waals surface area contributed by atoms with Gasteiger partial charge in [0.2, 0.25) is 5.91 Å². The summed E-state index contributed by atoms with van der Waals surface area (Å²) in [5, 5.41) is 2.78. The Morgan fingerprint density at radius 2 is 1.62 bits per heavy atom. The van der Waals surface area contributed by atoms with E-state index in [1.165, 1.54) is 12.1 Å². The van der Waals surface area contributed by atoms with Crippen LogP contribution >= 0.6 is 0 Å². The fourth-order valence-electron chi connectivity index (χ4n) is 3.57. The molecule has 0 bridgehead atoms. The van der Waals surface area contributed by atoms with E-state index in [1.807, 2.05) is 37.3 Å². The predicted octanol–water partition coefficient (Wildman–Crippen LogP) is 4.68. The molecule has 34 heavy (non-hydrogen) atoms. The SMILES string of the molecule is Cc1cccc(N(CC(=O)NCCOc2ccccc2C(C)(C)C)S(=O)(=O)c2ccccc2)c1. The fourth-order valence-corrected chi connectivity index (χ4v) is 5.00. The molecular formula is C27H32N2O4S. The molecule has 6 nitrogen and oxygen atoms in total. The maximum Gasteiger partial charge on any atom is 0.264 e. The molecule has 0 aromatic heterocycles. The molecule has 0 unspecified atom stereocenters. The summed E-state index contributed by atoms with van der Waals surface area (Å²) in [5.41, 5.74) is 2.35. The van der Waals surface area contributed by atoms with Gasteiger partial charge in [-0.15, -0.1) is 0 Å². The van der Waals surface area contributed by atoms with Crippen molar-refractivity contribution < 1.29 is 17.9 Å². The molecule has 3 aromatic rings. The lowest BCUT2D eigenvalue weighted by Crippen LogP contribution is -2.42. The predicted molar refractivity (Wildman–Crippen MR) is 136 cm³/mol. The van der Waals surface area contributed by atoms with Crippen molar-refractivity contribution in [1.29, 1.82) is 0 Å². The van der Waals surface area contributed by atoms with Crippen LogP contribution in [0.2, 0.25) is 0 Å². The Balaban J connectivity index is 1.69. The van der Waals surface area contributed by atoms with E-state index < -0.39 is 15.9 Å². The van der Waals surface area contributed by atoms with Crippen LogP contribution in [0.3, 0.4) is 0 Å². The Morgan fingerprint density at radius 1 is 0.941 bits per heavy atom. The van der Waals surface area contributed by atoms with Gasteiger partial charge < -0.3 is 10.1 Å². The van der Waals surface area contributed by atoms with E-state index in [2.05, 4.69) is 26.1 Å². The standard InChI is InChI=1S/C27H32N2O4S/c1-21-11-10-12-22(19-21)29(34(31,32)23-13-6-5-7-14-23)20-26(30)28-17-18-33-25-16-9-8-15-24(25)27(2,3)4/h5-16,19H,17-18,20H2,1-4H3,(H,28,30). The summed E-state index contributed by atoms with van der Waals surface area (Å²) in [6.45, 7) is 8.42. The number of carbonyl (C=O) groups is 1. The van der Waals surface area contributed by atoms with Crippen LogP contribution < -0.4 is 14.4 Å². The first-order valence-corrected chi connectivity index (χ1v) is 12.7. The number of rotatable bonds is 9. The van der Waals surface area contributed by atoms with Gasteiger partial charge in [0.05, 0.1) is 17.1 Å². The third-order valence-electron chi connectivity index (χ3n) is 5.28. The molecule has 0 saturated carbocycles. The van der Waals surface area contributed by atoms with Crippen LogP contribution in [0.15, 0.2) is 83.8 Å². The smallest absolute Gasteiger partial charge is 0.264 e. The number of carbonyl (C=O) groups excluding carboxylic acids is 1. The molecule has 3 aromatic carbocycles. The van der Waals surface area contributed by atoms with E-state index >= 15 is 0 Å². The van der Waals surface area contributed by atoms with Gasteiger partial charge in [-0.1, -0.05) is 69.3 Å². The molecule has 0 spiro atoms. The molecule has 0 aliphatic heterocycles. The summed E-state index contributed by atoms with van der Waals surface area (Å²) in [7, 11) is -3.92. The molecule has 0 aliphatic carbocycles. The van der Waals surface area contributed by atoms with Gasteiger partial charge in [-0.05, 0) is 53.8 Å². The van der Waals surface area contributed by atoms with Gasteiger partial charge >= 0.3 is 0 Å². The first-order chi connectivity index (χ1) is 16.1. The minimum Gasteiger partial charge on any atom is -0.491 e. The van der Waals surface area contributed by atoms with Crippen LogP contribution in [-0.2, 0) is 20.2 Å². The van der Waals surface area contributed by atoms with Crippen molar-refractivity contribution in [1.82, 2.24) is 5.32 Å². The van der Waals surface area contributed by atoms with Crippen molar-refractivity contribution in [3.05, 3.63) is 90.0 Å². The second kappa shape index (κ2) is 10.7. The Bertz CT molecular complexity index is 1220. The maximum atomic E-state index is 13.3. The van der Waals surface area contributed by atoms with E-state index in [1.54, 1.807) is 36.4 Å². The summed E-state index contributed by atoms with van der Waals surface area (Å²) in [4.78, 5) is 12.9. The van der Waals surface area contributed by atoms with Crippen molar-refractivity contribution in [2.45, 2.75) is 38.0 Å². The molecule has 0 atom stereocenters. The summed E-state index contributed by atoms with van der Waals surface area (Å²) in [6, 6.07) is 23.0. The third-order valence-corrected chi connectivity index (χ3v) is 7.07. The second-order valence-electron chi connectivity index (χ2n) is 9.11. The summed E-state index contributed by atoms with van der Waals surface area (Å²) in [5.74, 6) is 0.367. The molecule has 0 aliphatic rings. The number of benzene rings is 3. The Hall–Kier alpha value is -3.32. The number of nitrogens with one attached hydrogen (secondary N) is 1. The minimum absolute atomic E-state index is 0.0695. The number of hydrogen-bond donors (Lipinski definition) is 1. The van der Waals surface area contributed by atoms with Gasteiger partial charge in [0.15, 0.2) is 0 Å². The number of ether oxygens (including phenoxy) is 1. The van der Waals surface area contributed by atoms with Crippen LogP contribution in [0.5, 0.6) is 5.75 Å². The van der Waals surface area contributed by atoms with Crippen LogP contribution in [0.4, 0.5) is 5.69 Å². The molecular weight excluding hydrogens is 448 g/mol. The molecule has 1 amide bonds. The number of sulfonamides is 1. The van der Waals surface area contributed by atoms with Crippen LogP contribution in [-0.4, -0.2) is 34.0 Å². The highest BCUT2D eigenvalue weighted by molar-refractivity contribution is 7.92. The van der Waals surface area contributed by atoms with Crippen molar-refractivity contribution in [2.75, 3.05) is 24.0 Å². The zero-order valence-corrected chi connectivity index (χ0v) is 20.9. The average molecular weight is 481 g/mol. The number of hydrogen-bond acceptors (Lipinski definition) is 4. The highest BCUT2D eigenvalue weighted by atomic mass is 32.2. The van der Waals surface area contributed by atoms with Crippen LogP contribution in [0.1, 0.15) is 31.9 Å². The summed E-state index contributed by atoms with van der Waals surface area (Å²) >= 11 is 0. The average Bonchev–Trinajstić information content (AvgIpc) is 2.80. The normalized spacial score (nSPS) is 11.6. The molecule has 0 radical (unpaired) electrons. The van der Waals surface area contributed by atoms with Gasteiger partial charge in [-0.25, -0.2) is 8.42 Å². The molecule has 0 heterocycles. The van der Waals surface area contributed by atoms with Crippen molar-refractivity contribution in [3.8, 4) is 5.75 Å². The van der Waals surface area contributed by atoms with E-state index in [9.17, 15) is 13.2 Å². The second-order valence-corrected chi connectivity index (χ2v) is 11.0. The monoisotopic (exact) mass is 480 g/mol. The molecule has 7 heteroatoms. The lowest BCUT2D eigenvalue weighted by molar-refractivity contribution is -0.119. The highest BCUT2D eigenvalue weighted by Crippen LogP contribution is 2.30. The molecule has 180 valence electrons. The zero-order chi connectivity index (χ0) is 24.8. The largest absolute Gasteiger partial charge is 0.491 e. The van der Waals surface area contributed by atoms with E-state index in [4.69, 9.17) is 4.74 Å². The quantitative estimate of drug-likeness (QED) is 0.451. The molecule has 1 N–H and O–H groups in total. The lowest BCUT2D eigenvalue weighted by atomic mass is 9.86. The number of nitrogens with zero attached hydrogens (tertiary/aromatic N) is 1. The topological polar surface area (TPSA) is 75.7 Å². The Kier molecular flexibility index (Phi) is 7.99. The lowest BCUT2D eigenvalue weighted by Gasteiger charge is -2.24. The molecule has 0 saturated heterocycles. The fraction of sp³-hybridized carbons (Fsp3) is 0.296. The first-order valence-electron chi connectivity index (χ1n) is 11.2. The van der Waals surface area contributed by atoms with E-state index in [0.717, 1.165) is 21.2 Å². The number of aryl methyl sites for hydroxylation is 1. The van der Waals surface area contributed by atoms with Gasteiger partial charge in [0.1, 0.15) is 18.9 Å². The van der Waals surface area contributed by atoms with Gasteiger partial charge in [0, 0.05) is 0 Å². The minimum atomic E-state index is -3.92. The number of amides is 1. The molecule has 3 rings (SSSR count). The van der Waals surface area contributed by atoms with Crippen LogP contribution in [0, 0.1) is 6.92 Å². The maximum absolute atomic E-state index is 13.3. The Labute approximate surface area is 202 Å². The van der Waals surface area contributed by atoms with E-state index in [0.29, 0.717) is 5.69 Å². The zero-order valence-electron chi connectivity index (χ0n) is 20.1. The third kappa shape index (κ3) is 6.38. The summed E-state index contributed by atoms with van der Waals surface area (Å²) in [6.07, 6.45) is 0. The van der Waals surface area contributed by atoms with Gasteiger partial charge in [-0.2, -0.15) is 0 Å². The van der Waals surface area contributed by atoms with Crippen molar-refractivity contribution in [2.24, 2.45) is 0 Å². The number of para-hydroxylation sites is 1. The first kappa shape index (κ1) is 25.3. The van der Waals surface area contributed by atoms with Gasteiger partial charge in [0.25, 0.3) is 10.0 Å². The van der Waals surface area contributed by atoms with Gasteiger partial charge in [-0.3, -0.25) is 9.10 Å². The van der Waals surface area contributed by atoms with Crippen molar-refractivity contribution in [3.63, 3.8) is 0 Å². The van der Waals surface area contributed by atoms with Crippen LogP contribution in [0.25, 0.3) is 0 Å². The Morgan fingerprint density at radius 3 is 2.29 bits per heavy atom. The molecule has 0 fully saturated rings. The number of anilines is 1. The van der Waals surface area contributed by atoms with E-state index in [-0.39, 0.29) is 30.0 Å². The highest BCUT2D eigenvalue weighted by Gasteiger charge is 2.27. The summed E-state index contributed by atoms with van der Waals surface area (Å²) < 4.78 is 33.7.